The van der Waals surface area contributed by atoms with Crippen LogP contribution in [0.2, 0.25) is 0 Å². The van der Waals surface area contributed by atoms with Crippen LogP contribution in [0.1, 0.15) is 40.1 Å². The fourth-order valence-corrected chi connectivity index (χ4v) is 4.99. The zero-order valence-electron chi connectivity index (χ0n) is 17.5. The summed E-state index contributed by atoms with van der Waals surface area (Å²) >= 11 is 1.57. The zero-order chi connectivity index (χ0) is 23.6. The van der Waals surface area contributed by atoms with Gasteiger partial charge in [0.25, 0.3) is 11.5 Å². The normalized spacial score (nSPS) is 13.5. The quantitative estimate of drug-likeness (QED) is 0.566. The van der Waals surface area contributed by atoms with Gasteiger partial charge >= 0.3 is 6.18 Å². The second-order valence-corrected chi connectivity index (χ2v) is 8.89. The first kappa shape index (κ1) is 23.0. The molecule has 0 bridgehead atoms. The lowest BCUT2D eigenvalue weighted by molar-refractivity contribution is -0.123. The molecule has 174 valence electrons. The summed E-state index contributed by atoms with van der Waals surface area (Å²) in [7, 11) is 0. The molecule has 33 heavy (non-hydrogen) atoms. The second kappa shape index (κ2) is 9.34. The van der Waals surface area contributed by atoms with Crippen molar-refractivity contribution in [2.24, 2.45) is 0 Å². The molecule has 0 unspecified atom stereocenters. The molecule has 2 amide bonds. The molecule has 2 aromatic heterocycles. The van der Waals surface area contributed by atoms with Crippen LogP contribution in [0.5, 0.6) is 0 Å². The van der Waals surface area contributed by atoms with E-state index in [1.54, 1.807) is 16.7 Å². The molecule has 1 aliphatic carbocycles. The van der Waals surface area contributed by atoms with Gasteiger partial charge in [-0.15, -0.1) is 11.3 Å². The van der Waals surface area contributed by atoms with E-state index in [1.165, 1.54) is 40.0 Å². The summed E-state index contributed by atoms with van der Waals surface area (Å²) < 4.78 is 38.1. The van der Waals surface area contributed by atoms with Crippen LogP contribution in [-0.4, -0.2) is 34.1 Å². The molecule has 0 radical (unpaired) electrons. The molecule has 0 saturated carbocycles. The van der Waals surface area contributed by atoms with Gasteiger partial charge in [-0.3, -0.25) is 19.0 Å². The summed E-state index contributed by atoms with van der Waals surface area (Å²) in [5.41, 5.74) is 1.39. The van der Waals surface area contributed by atoms with Crippen molar-refractivity contribution in [2.45, 2.75) is 44.8 Å². The van der Waals surface area contributed by atoms with E-state index >= 15 is 0 Å². The van der Waals surface area contributed by atoms with E-state index in [1.807, 2.05) is 0 Å². The number of amides is 2. The van der Waals surface area contributed by atoms with Crippen LogP contribution >= 0.6 is 11.3 Å². The summed E-state index contributed by atoms with van der Waals surface area (Å²) in [6.07, 6.45) is 1.03. The van der Waals surface area contributed by atoms with Crippen LogP contribution in [0.15, 0.2) is 35.4 Å². The number of thiophene rings is 1. The summed E-state index contributed by atoms with van der Waals surface area (Å²) in [6.45, 7) is -1.26. The number of carbonyl (C=O) groups excluding carboxylic acids is 2. The highest BCUT2D eigenvalue weighted by Crippen LogP contribution is 2.33. The van der Waals surface area contributed by atoms with Crippen LogP contribution in [0, 0.1) is 0 Å². The van der Waals surface area contributed by atoms with Gasteiger partial charge in [-0.05, 0) is 55.5 Å². The molecular weight excluding hydrogens is 457 g/mol. The van der Waals surface area contributed by atoms with E-state index in [0.29, 0.717) is 11.1 Å². The van der Waals surface area contributed by atoms with E-state index in [9.17, 15) is 27.6 Å². The van der Waals surface area contributed by atoms with Gasteiger partial charge in [-0.1, -0.05) is 0 Å². The number of nitrogens with zero attached hydrogens (tertiary/aromatic N) is 2. The molecule has 0 atom stereocenters. The lowest BCUT2D eigenvalue weighted by Gasteiger charge is -2.11. The molecule has 2 heterocycles. The van der Waals surface area contributed by atoms with Gasteiger partial charge < -0.3 is 10.6 Å². The fraction of sp³-hybridized carbons (Fsp3) is 0.364. The Labute approximate surface area is 190 Å². The van der Waals surface area contributed by atoms with Crippen LogP contribution in [0.25, 0.3) is 10.2 Å². The van der Waals surface area contributed by atoms with Crippen LogP contribution in [0.4, 0.5) is 18.9 Å². The Morgan fingerprint density at radius 3 is 2.58 bits per heavy atom. The number of anilines is 1. The van der Waals surface area contributed by atoms with E-state index in [4.69, 9.17) is 0 Å². The molecule has 0 fully saturated rings. The number of alkyl halides is 3. The number of aryl methyl sites for hydroxylation is 3. The minimum atomic E-state index is -4.49. The van der Waals surface area contributed by atoms with Crippen molar-refractivity contribution in [3.63, 3.8) is 0 Å². The minimum Gasteiger partial charge on any atom is -0.343 e. The zero-order valence-corrected chi connectivity index (χ0v) is 18.3. The van der Waals surface area contributed by atoms with E-state index in [0.717, 1.165) is 36.1 Å². The number of hydrogen-bond donors (Lipinski definition) is 2. The maximum atomic E-state index is 12.9. The number of hydrogen-bond acceptors (Lipinski definition) is 5. The molecule has 4 rings (SSSR count). The first-order valence-corrected chi connectivity index (χ1v) is 11.3. The Kier molecular flexibility index (Phi) is 6.50. The molecule has 7 nitrogen and oxygen atoms in total. The van der Waals surface area contributed by atoms with Crippen molar-refractivity contribution in [2.75, 3.05) is 11.9 Å². The maximum absolute atomic E-state index is 12.9. The van der Waals surface area contributed by atoms with Gasteiger partial charge in [0.15, 0.2) is 0 Å². The Hall–Kier alpha value is -3.21. The average molecular weight is 478 g/mol. The fourth-order valence-electron chi connectivity index (χ4n) is 3.77. The molecule has 1 aliphatic rings. The summed E-state index contributed by atoms with van der Waals surface area (Å²) in [5, 5.41) is 5.10. The Morgan fingerprint density at radius 2 is 1.85 bits per heavy atom. The Bertz CT molecular complexity index is 1250. The topological polar surface area (TPSA) is 93.1 Å². The number of halogens is 3. The smallest absolute Gasteiger partial charge is 0.343 e. The van der Waals surface area contributed by atoms with Crippen molar-refractivity contribution in [1.82, 2.24) is 14.9 Å². The molecule has 3 aromatic rings. The second-order valence-electron chi connectivity index (χ2n) is 7.81. The Balaban J connectivity index is 1.36. The van der Waals surface area contributed by atoms with Crippen LogP contribution in [-0.2, 0) is 24.2 Å². The minimum absolute atomic E-state index is 0.0350. The highest BCUT2D eigenvalue weighted by atomic mass is 32.1. The summed E-state index contributed by atoms with van der Waals surface area (Å²) in [4.78, 5) is 43.4. The van der Waals surface area contributed by atoms with Gasteiger partial charge in [0.1, 0.15) is 11.4 Å². The third kappa shape index (κ3) is 5.41. The van der Waals surface area contributed by atoms with Crippen molar-refractivity contribution in [3.05, 3.63) is 57.0 Å². The first-order valence-electron chi connectivity index (χ1n) is 10.5. The lowest BCUT2D eigenvalue weighted by Crippen LogP contribution is -2.33. The van der Waals surface area contributed by atoms with E-state index < -0.39 is 18.6 Å². The highest BCUT2D eigenvalue weighted by Gasteiger charge is 2.28. The average Bonchev–Trinajstić information content (AvgIpc) is 3.16. The molecule has 0 spiro atoms. The molecule has 2 N–H and O–H groups in total. The number of carbonyl (C=O) groups is 2. The lowest BCUT2D eigenvalue weighted by atomic mass is 9.97. The van der Waals surface area contributed by atoms with Gasteiger partial charge in [-0.2, -0.15) is 13.2 Å². The largest absolute Gasteiger partial charge is 0.405 e. The first-order chi connectivity index (χ1) is 15.7. The number of fused-ring (bicyclic) bond motifs is 3. The van der Waals surface area contributed by atoms with Crippen molar-refractivity contribution in [1.29, 1.82) is 0 Å². The molecule has 0 saturated heterocycles. The maximum Gasteiger partial charge on any atom is 0.405 e. The number of nitrogens with one attached hydrogen (secondary N) is 2. The number of aromatic nitrogens is 2. The van der Waals surface area contributed by atoms with Gasteiger partial charge in [0.2, 0.25) is 5.91 Å². The Morgan fingerprint density at radius 1 is 1.12 bits per heavy atom. The predicted octanol–water partition coefficient (Wildman–Crippen LogP) is 3.66. The molecule has 1 aromatic carbocycles. The molecular formula is C22H21F3N4O3S. The molecule has 0 aliphatic heterocycles. The van der Waals surface area contributed by atoms with Crippen molar-refractivity contribution < 1.29 is 22.8 Å². The van der Waals surface area contributed by atoms with Gasteiger partial charge in [0, 0.05) is 29.1 Å². The summed E-state index contributed by atoms with van der Waals surface area (Å²) in [5.74, 6) is -1.20. The van der Waals surface area contributed by atoms with Gasteiger partial charge in [0.05, 0.1) is 11.7 Å². The van der Waals surface area contributed by atoms with Crippen LogP contribution in [0.3, 0.4) is 0 Å². The highest BCUT2D eigenvalue weighted by molar-refractivity contribution is 7.18. The van der Waals surface area contributed by atoms with Gasteiger partial charge in [-0.25, -0.2) is 4.98 Å². The van der Waals surface area contributed by atoms with E-state index in [-0.39, 0.29) is 30.0 Å². The summed E-state index contributed by atoms with van der Waals surface area (Å²) in [6, 6.07) is 5.50. The SMILES string of the molecule is O=C(CCn1cnc2sc3c(c2c1=O)CCCC3)Nc1ccc(C(=O)NCC(F)(F)F)cc1. The van der Waals surface area contributed by atoms with Crippen molar-refractivity contribution >= 4 is 39.1 Å². The third-order valence-corrected chi connectivity index (χ3v) is 6.60. The van der Waals surface area contributed by atoms with Crippen molar-refractivity contribution in [3.8, 4) is 0 Å². The third-order valence-electron chi connectivity index (χ3n) is 5.40. The molecule has 11 heteroatoms. The van der Waals surface area contributed by atoms with Crippen LogP contribution < -0.4 is 16.2 Å². The number of benzene rings is 1. The number of rotatable bonds is 6. The monoisotopic (exact) mass is 478 g/mol. The standard InChI is InChI=1S/C22H21F3N4O3S/c23-22(24,25)11-26-19(31)13-5-7-14(8-6-13)28-17(30)9-10-29-12-27-20-18(21(29)32)15-3-1-2-4-16(15)33-20/h5-8,12H,1-4,9-11H2,(H,26,31)(H,28,30). The predicted molar refractivity (Wildman–Crippen MR) is 119 cm³/mol. The van der Waals surface area contributed by atoms with E-state index in [2.05, 4.69) is 10.3 Å².